The molecule has 0 spiro atoms. The zero-order valence-electron chi connectivity index (χ0n) is 17.0. The molecule has 0 saturated heterocycles. The number of hydrogen-bond acceptors (Lipinski definition) is 4. The molecule has 2 aromatic carbocycles. The number of fused-ring (bicyclic) bond motifs is 1. The van der Waals surface area contributed by atoms with Crippen LogP contribution in [0.3, 0.4) is 0 Å². The minimum absolute atomic E-state index is 0.126. The van der Waals surface area contributed by atoms with Gasteiger partial charge in [-0.15, -0.1) is 0 Å². The maximum atomic E-state index is 14.5. The fourth-order valence-corrected chi connectivity index (χ4v) is 3.21. The molecule has 0 aliphatic carbocycles. The Morgan fingerprint density at radius 2 is 2.00 bits per heavy atom. The lowest BCUT2D eigenvalue weighted by atomic mass is 10.1. The van der Waals surface area contributed by atoms with E-state index in [1.54, 1.807) is 11.5 Å². The summed E-state index contributed by atoms with van der Waals surface area (Å²) < 4.78 is 20.9. The zero-order valence-corrected chi connectivity index (χ0v) is 17.0. The Hall–Kier alpha value is -3.28. The molecule has 0 unspecified atom stereocenters. The molecule has 0 aliphatic rings. The fourth-order valence-electron chi connectivity index (χ4n) is 3.21. The highest BCUT2D eigenvalue weighted by Gasteiger charge is 2.16. The van der Waals surface area contributed by atoms with E-state index in [0.29, 0.717) is 17.8 Å². The van der Waals surface area contributed by atoms with Crippen LogP contribution >= 0.6 is 0 Å². The molecule has 0 amide bonds. The molecule has 0 aliphatic heterocycles. The van der Waals surface area contributed by atoms with Crippen molar-refractivity contribution in [1.82, 2.24) is 9.55 Å². The van der Waals surface area contributed by atoms with Gasteiger partial charge in [-0.05, 0) is 50.1 Å². The van der Waals surface area contributed by atoms with Gasteiger partial charge in [-0.3, -0.25) is 9.36 Å². The molecule has 1 aromatic heterocycles. The summed E-state index contributed by atoms with van der Waals surface area (Å²) in [6.07, 6.45) is 2.97. The topological polar surface area (TPSA) is 61.2 Å². The van der Waals surface area contributed by atoms with Crippen LogP contribution in [0.15, 0.2) is 41.2 Å². The van der Waals surface area contributed by atoms with Gasteiger partial charge in [0.1, 0.15) is 11.6 Å². The quantitative estimate of drug-likeness (QED) is 0.479. The number of halogens is 1. The summed E-state index contributed by atoms with van der Waals surface area (Å²) in [5.41, 5.74) is 2.95. The van der Waals surface area contributed by atoms with Crippen molar-refractivity contribution in [2.75, 3.05) is 6.61 Å². The van der Waals surface area contributed by atoms with Crippen molar-refractivity contribution in [3.63, 3.8) is 0 Å². The third kappa shape index (κ3) is 3.97. The van der Waals surface area contributed by atoms with E-state index in [4.69, 9.17) is 4.74 Å². The third-order valence-electron chi connectivity index (χ3n) is 4.87. The maximum Gasteiger partial charge on any atom is 0.330 e. The average Bonchev–Trinajstić information content (AvgIpc) is 2.69. The molecule has 29 heavy (non-hydrogen) atoms. The number of hydrogen-bond donors (Lipinski definition) is 0. The lowest BCUT2D eigenvalue weighted by Crippen LogP contribution is -2.24. The van der Waals surface area contributed by atoms with Crippen molar-refractivity contribution >= 4 is 22.9 Å². The first-order chi connectivity index (χ1) is 13.9. The second kappa shape index (κ2) is 8.39. The summed E-state index contributed by atoms with van der Waals surface area (Å²) in [5, 5.41) is 0.285. The van der Waals surface area contributed by atoms with Crippen molar-refractivity contribution < 1.29 is 13.9 Å². The van der Waals surface area contributed by atoms with Crippen molar-refractivity contribution in [1.29, 1.82) is 0 Å². The van der Waals surface area contributed by atoms with Gasteiger partial charge in [-0.25, -0.2) is 14.2 Å². The lowest BCUT2D eigenvalue weighted by Gasteiger charge is -2.16. The van der Waals surface area contributed by atoms with Gasteiger partial charge >= 0.3 is 5.97 Å². The van der Waals surface area contributed by atoms with Gasteiger partial charge < -0.3 is 4.74 Å². The van der Waals surface area contributed by atoms with Crippen molar-refractivity contribution in [3.8, 4) is 5.69 Å². The lowest BCUT2D eigenvalue weighted by molar-refractivity contribution is -0.137. The largest absolute Gasteiger partial charge is 0.463 e. The molecule has 0 atom stereocenters. The van der Waals surface area contributed by atoms with Crippen LogP contribution in [0.2, 0.25) is 0 Å². The first kappa shape index (κ1) is 20.5. The Balaban J connectivity index is 2.25. The van der Waals surface area contributed by atoms with Crippen LogP contribution < -0.4 is 5.56 Å². The highest BCUT2D eigenvalue weighted by atomic mass is 19.1. The predicted octanol–water partition coefficient (Wildman–Crippen LogP) is 4.28. The number of carbonyl (C=O) groups is 1. The second-order valence-corrected chi connectivity index (χ2v) is 6.72. The first-order valence-electron chi connectivity index (χ1n) is 9.54. The Labute approximate surface area is 168 Å². The van der Waals surface area contributed by atoms with E-state index in [-0.39, 0.29) is 23.1 Å². The Morgan fingerprint density at radius 1 is 1.24 bits per heavy atom. The van der Waals surface area contributed by atoms with Gasteiger partial charge in [-0.1, -0.05) is 19.1 Å². The molecule has 0 saturated carbocycles. The monoisotopic (exact) mass is 394 g/mol. The number of benzene rings is 2. The number of rotatable bonds is 5. The van der Waals surface area contributed by atoms with Crippen LogP contribution in [0.4, 0.5) is 4.39 Å². The highest BCUT2D eigenvalue weighted by molar-refractivity contribution is 5.88. The Bertz CT molecular complexity index is 1180. The summed E-state index contributed by atoms with van der Waals surface area (Å²) in [7, 11) is 0. The highest BCUT2D eigenvalue weighted by Crippen LogP contribution is 2.21. The van der Waals surface area contributed by atoms with Crippen LogP contribution in [0.25, 0.3) is 22.7 Å². The molecule has 3 aromatic rings. The fraction of sp³-hybridized carbons (Fsp3) is 0.261. The number of aryl methyl sites for hydroxylation is 2. The Kier molecular flexibility index (Phi) is 5.92. The molecular formula is C23H23FN2O3. The van der Waals surface area contributed by atoms with Gasteiger partial charge in [-0.2, -0.15) is 0 Å². The van der Waals surface area contributed by atoms with E-state index >= 15 is 0 Å². The minimum Gasteiger partial charge on any atom is -0.463 e. The molecule has 0 fully saturated rings. The standard InChI is InChI=1S/C23H23FN2O3/c1-5-21-25-19-13-18(24)16(10-11-22(27)29-6-2)12-17(19)23(28)26(21)20-9-7-8-14(3)15(20)4/h7-13H,5-6H2,1-4H3/b11-10+. The third-order valence-corrected chi connectivity index (χ3v) is 4.87. The molecule has 0 radical (unpaired) electrons. The molecule has 1 heterocycles. The second-order valence-electron chi connectivity index (χ2n) is 6.72. The van der Waals surface area contributed by atoms with Crippen molar-refractivity contribution in [3.05, 3.63) is 75.1 Å². The smallest absolute Gasteiger partial charge is 0.330 e. The molecule has 0 bridgehead atoms. The summed E-state index contributed by atoms with van der Waals surface area (Å²) in [6.45, 7) is 7.77. The van der Waals surface area contributed by atoms with Gasteiger partial charge in [0.15, 0.2) is 0 Å². The van der Waals surface area contributed by atoms with Gasteiger partial charge in [0.05, 0.1) is 23.2 Å². The molecule has 3 rings (SSSR count). The van der Waals surface area contributed by atoms with E-state index in [9.17, 15) is 14.0 Å². The Morgan fingerprint density at radius 3 is 2.69 bits per heavy atom. The normalized spacial score (nSPS) is 11.3. The van der Waals surface area contributed by atoms with E-state index in [0.717, 1.165) is 22.9 Å². The number of ether oxygens (including phenoxy) is 1. The zero-order chi connectivity index (χ0) is 21.1. The van der Waals surface area contributed by atoms with Crippen LogP contribution in [0.1, 0.15) is 36.4 Å². The average molecular weight is 394 g/mol. The van der Waals surface area contributed by atoms with Crippen LogP contribution in [0.5, 0.6) is 0 Å². The van der Waals surface area contributed by atoms with Gasteiger partial charge in [0.2, 0.25) is 0 Å². The summed E-state index contributed by atoms with van der Waals surface area (Å²) in [5.74, 6) is -0.568. The first-order valence-corrected chi connectivity index (χ1v) is 9.54. The maximum absolute atomic E-state index is 14.5. The number of esters is 1. The van der Waals surface area contributed by atoms with E-state index in [1.165, 1.54) is 18.2 Å². The molecular weight excluding hydrogens is 371 g/mol. The number of aromatic nitrogens is 2. The SMILES string of the molecule is CCOC(=O)/C=C/c1cc2c(=O)n(-c3cccc(C)c3C)c(CC)nc2cc1F. The van der Waals surface area contributed by atoms with Crippen LogP contribution in [-0.4, -0.2) is 22.1 Å². The molecule has 6 heteroatoms. The van der Waals surface area contributed by atoms with Crippen LogP contribution in [0, 0.1) is 19.7 Å². The van der Waals surface area contributed by atoms with E-state index < -0.39 is 11.8 Å². The summed E-state index contributed by atoms with van der Waals surface area (Å²) >= 11 is 0. The molecule has 0 N–H and O–H groups in total. The van der Waals surface area contributed by atoms with Crippen molar-refractivity contribution in [2.45, 2.75) is 34.1 Å². The predicted molar refractivity (Wildman–Crippen MR) is 112 cm³/mol. The summed E-state index contributed by atoms with van der Waals surface area (Å²) in [6, 6.07) is 8.41. The number of carbonyl (C=O) groups excluding carboxylic acids is 1. The van der Waals surface area contributed by atoms with Gasteiger partial charge in [0, 0.05) is 24.1 Å². The molecule has 5 nitrogen and oxygen atoms in total. The van der Waals surface area contributed by atoms with E-state index in [2.05, 4.69) is 4.98 Å². The molecule has 150 valence electrons. The number of nitrogens with zero attached hydrogens (tertiary/aromatic N) is 2. The minimum atomic E-state index is -0.570. The van der Waals surface area contributed by atoms with Crippen LogP contribution in [-0.2, 0) is 16.0 Å². The van der Waals surface area contributed by atoms with E-state index in [1.807, 2.05) is 39.0 Å². The van der Waals surface area contributed by atoms with Gasteiger partial charge in [0.25, 0.3) is 5.56 Å². The summed E-state index contributed by atoms with van der Waals surface area (Å²) in [4.78, 5) is 29.4. The van der Waals surface area contributed by atoms with Crippen molar-refractivity contribution in [2.24, 2.45) is 0 Å².